The van der Waals surface area contributed by atoms with Crippen LogP contribution < -0.4 is 0 Å². The summed E-state index contributed by atoms with van der Waals surface area (Å²) in [7, 11) is 0. The van der Waals surface area contributed by atoms with Gasteiger partial charge in [-0.1, -0.05) is 23.2 Å². The molecule has 0 unspecified atom stereocenters. The van der Waals surface area contributed by atoms with Gasteiger partial charge in [-0.2, -0.15) is 0 Å². The van der Waals surface area contributed by atoms with Crippen molar-refractivity contribution in [2.45, 2.75) is 31.7 Å². The van der Waals surface area contributed by atoms with E-state index in [0.717, 1.165) is 25.3 Å². The molecule has 1 aromatic carbocycles. The smallest absolute Gasteiger partial charge is 0.255 e. The van der Waals surface area contributed by atoms with E-state index in [0.29, 0.717) is 13.0 Å². The van der Waals surface area contributed by atoms with E-state index in [9.17, 15) is 9.18 Å². The van der Waals surface area contributed by atoms with Crippen LogP contribution in [0.4, 0.5) is 4.39 Å². The lowest BCUT2D eigenvalue weighted by molar-refractivity contribution is 0.0562. The van der Waals surface area contributed by atoms with Crippen molar-refractivity contribution in [1.82, 2.24) is 4.90 Å². The molecule has 110 valence electrons. The van der Waals surface area contributed by atoms with Gasteiger partial charge in [-0.25, -0.2) is 4.39 Å². The highest BCUT2D eigenvalue weighted by Crippen LogP contribution is 2.30. The third kappa shape index (κ3) is 3.25. The summed E-state index contributed by atoms with van der Waals surface area (Å²) in [6.07, 6.45) is 3.45. The number of benzene rings is 1. The monoisotopic (exact) mass is 319 g/mol. The molecule has 20 heavy (non-hydrogen) atoms. The van der Waals surface area contributed by atoms with Crippen molar-refractivity contribution in [3.63, 3.8) is 0 Å². The van der Waals surface area contributed by atoms with Crippen LogP contribution in [-0.4, -0.2) is 35.1 Å². The Bertz CT molecular complexity index is 506. The minimum Gasteiger partial charge on any atom is -0.396 e. The van der Waals surface area contributed by atoms with E-state index in [4.69, 9.17) is 28.3 Å². The van der Waals surface area contributed by atoms with Crippen LogP contribution >= 0.6 is 23.2 Å². The third-order valence-corrected chi connectivity index (χ3v) is 4.18. The summed E-state index contributed by atoms with van der Waals surface area (Å²) < 4.78 is 13.5. The molecule has 2 rings (SSSR count). The van der Waals surface area contributed by atoms with E-state index in [1.165, 1.54) is 6.07 Å². The number of hydrogen-bond acceptors (Lipinski definition) is 2. The number of carbonyl (C=O) groups excluding carboxylic acids is 1. The van der Waals surface area contributed by atoms with Crippen LogP contribution in [0.15, 0.2) is 12.1 Å². The summed E-state index contributed by atoms with van der Waals surface area (Å²) in [6.45, 7) is 0.458. The van der Waals surface area contributed by atoms with Gasteiger partial charge in [0.25, 0.3) is 5.91 Å². The summed E-state index contributed by atoms with van der Waals surface area (Å²) in [6, 6.07) is 2.48. The highest BCUT2D eigenvalue weighted by molar-refractivity contribution is 6.36. The van der Waals surface area contributed by atoms with E-state index >= 15 is 0 Å². The predicted molar refractivity (Wildman–Crippen MR) is 76.8 cm³/mol. The zero-order valence-corrected chi connectivity index (χ0v) is 12.4. The summed E-state index contributed by atoms with van der Waals surface area (Å²) in [5.41, 5.74) is 0.124. The van der Waals surface area contributed by atoms with Gasteiger partial charge in [0.1, 0.15) is 5.82 Å². The van der Waals surface area contributed by atoms with E-state index in [1.807, 2.05) is 0 Å². The molecule has 0 spiro atoms. The average molecular weight is 320 g/mol. The zero-order valence-electron chi connectivity index (χ0n) is 10.9. The fraction of sp³-hybridized carbons (Fsp3) is 0.500. The lowest BCUT2D eigenvalue weighted by Gasteiger charge is -2.37. The second-order valence-electron chi connectivity index (χ2n) is 4.91. The van der Waals surface area contributed by atoms with Crippen molar-refractivity contribution < 1.29 is 14.3 Å². The van der Waals surface area contributed by atoms with Crippen LogP contribution in [0.3, 0.4) is 0 Å². The number of carbonyl (C=O) groups is 1. The van der Waals surface area contributed by atoms with Crippen molar-refractivity contribution in [3.8, 4) is 0 Å². The molecule has 0 heterocycles. The molecule has 1 saturated carbocycles. The van der Waals surface area contributed by atoms with Gasteiger partial charge in [0, 0.05) is 19.2 Å². The Morgan fingerprint density at radius 1 is 1.35 bits per heavy atom. The van der Waals surface area contributed by atoms with Crippen LogP contribution in [0.1, 0.15) is 36.0 Å². The molecule has 1 fully saturated rings. The molecule has 1 amide bonds. The summed E-state index contributed by atoms with van der Waals surface area (Å²) >= 11 is 11.6. The SMILES string of the molecule is O=C(c1cc(F)c(Cl)cc1Cl)N(CCCO)C1CCC1. The first-order chi connectivity index (χ1) is 9.54. The van der Waals surface area contributed by atoms with Crippen LogP contribution in [0.25, 0.3) is 0 Å². The van der Waals surface area contributed by atoms with Gasteiger partial charge in [0.05, 0.1) is 15.6 Å². The fourth-order valence-corrected chi connectivity index (χ4v) is 2.69. The Morgan fingerprint density at radius 2 is 2.05 bits per heavy atom. The number of aliphatic hydroxyl groups is 1. The molecule has 1 N–H and O–H groups in total. The van der Waals surface area contributed by atoms with Crippen LogP contribution in [0.2, 0.25) is 10.0 Å². The summed E-state index contributed by atoms with van der Waals surface area (Å²) in [4.78, 5) is 14.2. The molecule has 0 radical (unpaired) electrons. The minimum absolute atomic E-state index is 0.0131. The Balaban J connectivity index is 2.24. The maximum Gasteiger partial charge on any atom is 0.255 e. The van der Waals surface area contributed by atoms with Crippen molar-refractivity contribution in [2.24, 2.45) is 0 Å². The molecule has 1 aliphatic rings. The number of rotatable bonds is 5. The number of nitrogens with zero attached hydrogens (tertiary/aromatic N) is 1. The molecular weight excluding hydrogens is 304 g/mol. The Kier molecular flexibility index (Phi) is 5.24. The standard InChI is InChI=1S/C14H16Cl2FNO2/c15-11-8-12(16)13(17)7-10(11)14(20)18(5-2-6-19)9-3-1-4-9/h7-9,19H,1-6H2. The van der Waals surface area contributed by atoms with E-state index < -0.39 is 5.82 Å². The molecule has 0 saturated heterocycles. The molecule has 1 aromatic rings. The average Bonchev–Trinajstić information content (AvgIpc) is 2.35. The van der Waals surface area contributed by atoms with Gasteiger partial charge >= 0.3 is 0 Å². The first-order valence-corrected chi connectivity index (χ1v) is 7.36. The zero-order chi connectivity index (χ0) is 14.7. The van der Waals surface area contributed by atoms with Crippen LogP contribution in [0.5, 0.6) is 0 Å². The van der Waals surface area contributed by atoms with Crippen molar-refractivity contribution >= 4 is 29.1 Å². The minimum atomic E-state index is -0.657. The van der Waals surface area contributed by atoms with Gasteiger partial charge in [-0.3, -0.25) is 4.79 Å². The first-order valence-electron chi connectivity index (χ1n) is 6.61. The summed E-state index contributed by atoms with van der Waals surface area (Å²) in [5.74, 6) is -0.959. The van der Waals surface area contributed by atoms with Gasteiger partial charge in [-0.05, 0) is 37.8 Å². The molecule has 6 heteroatoms. The molecule has 0 bridgehead atoms. The number of amides is 1. The lowest BCUT2D eigenvalue weighted by atomic mass is 9.90. The topological polar surface area (TPSA) is 40.5 Å². The predicted octanol–water partition coefficient (Wildman–Crippen LogP) is 3.51. The maximum atomic E-state index is 13.5. The third-order valence-electron chi connectivity index (χ3n) is 3.57. The normalized spacial score (nSPS) is 15.0. The largest absolute Gasteiger partial charge is 0.396 e. The van der Waals surface area contributed by atoms with Crippen LogP contribution in [-0.2, 0) is 0 Å². The van der Waals surface area contributed by atoms with Crippen molar-refractivity contribution in [3.05, 3.63) is 33.6 Å². The quantitative estimate of drug-likeness (QED) is 0.844. The van der Waals surface area contributed by atoms with E-state index in [1.54, 1.807) is 4.90 Å². The molecular formula is C14H16Cl2FNO2. The van der Waals surface area contributed by atoms with E-state index in [2.05, 4.69) is 0 Å². The van der Waals surface area contributed by atoms with Gasteiger partial charge in [-0.15, -0.1) is 0 Å². The number of aliphatic hydroxyl groups excluding tert-OH is 1. The second-order valence-corrected chi connectivity index (χ2v) is 5.72. The Hall–Kier alpha value is -0.840. The van der Waals surface area contributed by atoms with Gasteiger partial charge in [0.15, 0.2) is 0 Å². The van der Waals surface area contributed by atoms with Crippen molar-refractivity contribution in [1.29, 1.82) is 0 Å². The number of hydrogen-bond donors (Lipinski definition) is 1. The van der Waals surface area contributed by atoms with E-state index in [-0.39, 0.29) is 34.2 Å². The molecule has 3 nitrogen and oxygen atoms in total. The second kappa shape index (κ2) is 6.74. The Morgan fingerprint density at radius 3 is 2.60 bits per heavy atom. The molecule has 0 aromatic heterocycles. The first kappa shape index (κ1) is 15.5. The Labute approximate surface area is 127 Å². The van der Waals surface area contributed by atoms with Crippen molar-refractivity contribution in [2.75, 3.05) is 13.2 Å². The lowest BCUT2D eigenvalue weighted by Crippen LogP contribution is -2.45. The van der Waals surface area contributed by atoms with Crippen LogP contribution in [0, 0.1) is 5.82 Å². The molecule has 1 aliphatic carbocycles. The fourth-order valence-electron chi connectivity index (χ4n) is 2.23. The maximum absolute atomic E-state index is 13.5. The number of halogens is 3. The van der Waals surface area contributed by atoms with Gasteiger partial charge in [0.2, 0.25) is 0 Å². The highest BCUT2D eigenvalue weighted by Gasteiger charge is 2.30. The highest BCUT2D eigenvalue weighted by atomic mass is 35.5. The molecule has 0 atom stereocenters. The molecule has 0 aliphatic heterocycles. The van der Waals surface area contributed by atoms with Gasteiger partial charge < -0.3 is 10.0 Å². The summed E-state index contributed by atoms with van der Waals surface area (Å²) in [5, 5.41) is 8.98.